The highest BCUT2D eigenvalue weighted by atomic mass is 35.5. The van der Waals surface area contributed by atoms with Crippen molar-refractivity contribution in [2.75, 3.05) is 0 Å². The van der Waals surface area contributed by atoms with Crippen LogP contribution in [0.3, 0.4) is 0 Å². The molecular weight excluding hydrogens is 343 g/mol. The van der Waals surface area contributed by atoms with E-state index >= 15 is 0 Å². The van der Waals surface area contributed by atoms with Crippen molar-refractivity contribution in [2.24, 2.45) is 0 Å². The summed E-state index contributed by atoms with van der Waals surface area (Å²) in [4.78, 5) is 0. The average Bonchev–Trinajstić information content (AvgIpc) is 2.89. The van der Waals surface area contributed by atoms with Crippen molar-refractivity contribution in [2.45, 2.75) is 13.1 Å². The molecule has 8 heteroatoms. The zero-order valence-electron chi connectivity index (χ0n) is 12.3. The van der Waals surface area contributed by atoms with Gasteiger partial charge in [-0.25, -0.2) is 4.68 Å². The number of alkyl halides is 3. The fraction of sp³-hybridized carbons (Fsp3) is 0.125. The van der Waals surface area contributed by atoms with Crippen LogP contribution in [-0.4, -0.2) is 20.1 Å². The van der Waals surface area contributed by atoms with E-state index < -0.39 is 11.7 Å². The van der Waals surface area contributed by atoms with Crippen molar-refractivity contribution in [3.63, 3.8) is 0 Å². The molecular formula is C16H11ClF3N3O. The minimum atomic E-state index is -4.46. The number of aromatic nitrogens is 3. The third kappa shape index (κ3) is 2.94. The van der Waals surface area contributed by atoms with E-state index in [-0.39, 0.29) is 10.8 Å². The second kappa shape index (κ2) is 5.83. The van der Waals surface area contributed by atoms with Crippen LogP contribution < -0.4 is 0 Å². The SMILES string of the molecule is Cc1c(-c2ccc(O)cc2)nnn1-c1ccc(C(F)(F)F)cc1Cl. The van der Waals surface area contributed by atoms with Gasteiger partial charge in [-0.3, -0.25) is 0 Å². The molecule has 0 saturated carbocycles. The van der Waals surface area contributed by atoms with Crippen LogP contribution >= 0.6 is 11.6 Å². The second-order valence-corrected chi connectivity index (χ2v) is 5.55. The van der Waals surface area contributed by atoms with Gasteiger partial charge in [-0.05, 0) is 49.4 Å². The van der Waals surface area contributed by atoms with Gasteiger partial charge in [0.15, 0.2) is 0 Å². The molecule has 2 aromatic carbocycles. The summed E-state index contributed by atoms with van der Waals surface area (Å²) in [5, 5.41) is 17.3. The Morgan fingerprint density at radius 1 is 1.08 bits per heavy atom. The minimum absolute atomic E-state index is 0.0740. The molecule has 0 aliphatic heterocycles. The summed E-state index contributed by atoms with van der Waals surface area (Å²) in [5.74, 6) is 0.120. The lowest BCUT2D eigenvalue weighted by atomic mass is 10.1. The maximum Gasteiger partial charge on any atom is 0.416 e. The van der Waals surface area contributed by atoms with Crippen molar-refractivity contribution < 1.29 is 18.3 Å². The fourth-order valence-electron chi connectivity index (χ4n) is 2.30. The molecule has 0 saturated heterocycles. The monoisotopic (exact) mass is 353 g/mol. The van der Waals surface area contributed by atoms with Crippen LogP contribution in [0, 0.1) is 6.92 Å². The summed E-state index contributed by atoms with van der Waals surface area (Å²) < 4.78 is 39.6. The van der Waals surface area contributed by atoms with Gasteiger partial charge in [-0.15, -0.1) is 5.10 Å². The fourth-order valence-corrected chi connectivity index (χ4v) is 2.56. The zero-order chi connectivity index (χ0) is 17.5. The Balaban J connectivity index is 2.04. The summed E-state index contributed by atoms with van der Waals surface area (Å²) in [7, 11) is 0. The van der Waals surface area contributed by atoms with Crippen molar-refractivity contribution in [3.05, 3.63) is 58.7 Å². The van der Waals surface area contributed by atoms with Crippen LogP contribution in [0.25, 0.3) is 16.9 Å². The van der Waals surface area contributed by atoms with Crippen molar-refractivity contribution in [3.8, 4) is 22.7 Å². The van der Waals surface area contributed by atoms with E-state index in [0.29, 0.717) is 17.1 Å². The largest absolute Gasteiger partial charge is 0.508 e. The van der Waals surface area contributed by atoms with E-state index in [4.69, 9.17) is 11.6 Å². The van der Waals surface area contributed by atoms with Gasteiger partial charge in [0.25, 0.3) is 0 Å². The topological polar surface area (TPSA) is 50.9 Å². The van der Waals surface area contributed by atoms with E-state index in [1.807, 2.05) is 0 Å². The molecule has 3 aromatic rings. The number of hydrogen-bond donors (Lipinski definition) is 1. The summed E-state index contributed by atoms with van der Waals surface area (Å²) in [6.45, 7) is 1.73. The van der Waals surface area contributed by atoms with Crippen LogP contribution in [0.4, 0.5) is 13.2 Å². The van der Waals surface area contributed by atoms with Crippen molar-refractivity contribution >= 4 is 11.6 Å². The number of phenolic OH excluding ortho intramolecular Hbond substituents is 1. The van der Waals surface area contributed by atoms with Gasteiger partial charge in [0.1, 0.15) is 11.4 Å². The molecule has 0 amide bonds. The Hall–Kier alpha value is -2.54. The molecule has 0 fully saturated rings. The molecule has 0 spiro atoms. The first-order chi connectivity index (χ1) is 11.3. The highest BCUT2D eigenvalue weighted by molar-refractivity contribution is 6.32. The van der Waals surface area contributed by atoms with Crippen molar-refractivity contribution in [1.29, 1.82) is 0 Å². The third-order valence-electron chi connectivity index (χ3n) is 3.54. The summed E-state index contributed by atoms with van der Waals surface area (Å²) in [5.41, 5.74) is 1.36. The molecule has 1 aromatic heterocycles. The maximum atomic E-state index is 12.7. The van der Waals surface area contributed by atoms with Gasteiger partial charge in [-0.1, -0.05) is 16.8 Å². The van der Waals surface area contributed by atoms with Gasteiger partial charge in [-0.2, -0.15) is 13.2 Å². The van der Waals surface area contributed by atoms with Crippen LogP contribution in [0.5, 0.6) is 5.75 Å². The van der Waals surface area contributed by atoms with E-state index in [1.54, 1.807) is 19.1 Å². The Morgan fingerprint density at radius 3 is 2.33 bits per heavy atom. The van der Waals surface area contributed by atoms with Crippen LogP contribution in [0.15, 0.2) is 42.5 Å². The molecule has 0 unspecified atom stereocenters. The van der Waals surface area contributed by atoms with E-state index in [0.717, 1.165) is 17.7 Å². The molecule has 3 rings (SSSR count). The first-order valence-electron chi connectivity index (χ1n) is 6.86. The molecule has 24 heavy (non-hydrogen) atoms. The normalized spacial score (nSPS) is 11.7. The molecule has 4 nitrogen and oxygen atoms in total. The van der Waals surface area contributed by atoms with Crippen LogP contribution in [0.2, 0.25) is 5.02 Å². The lowest BCUT2D eigenvalue weighted by Gasteiger charge is -2.10. The molecule has 0 radical (unpaired) electrons. The standard InChI is InChI=1S/C16H11ClF3N3O/c1-9-15(10-2-5-12(24)6-3-10)21-22-23(9)14-7-4-11(8-13(14)17)16(18,19)20/h2-8,24H,1H3. The number of halogens is 4. The van der Waals surface area contributed by atoms with Gasteiger partial charge in [0.2, 0.25) is 0 Å². The number of aromatic hydroxyl groups is 1. The van der Waals surface area contributed by atoms with Crippen molar-refractivity contribution in [1.82, 2.24) is 15.0 Å². The Bertz CT molecular complexity index is 889. The Labute approximate surface area is 140 Å². The third-order valence-corrected chi connectivity index (χ3v) is 3.84. The highest BCUT2D eigenvalue weighted by Gasteiger charge is 2.31. The average molecular weight is 354 g/mol. The van der Waals surface area contributed by atoms with Gasteiger partial charge >= 0.3 is 6.18 Å². The minimum Gasteiger partial charge on any atom is -0.508 e. The predicted octanol–water partition coefficient (Wildman–Crippen LogP) is 4.62. The Morgan fingerprint density at radius 2 is 1.75 bits per heavy atom. The molecule has 0 bridgehead atoms. The molecule has 0 atom stereocenters. The number of hydrogen-bond acceptors (Lipinski definition) is 3. The quantitative estimate of drug-likeness (QED) is 0.731. The Kier molecular flexibility index (Phi) is 3.96. The number of rotatable bonds is 2. The lowest BCUT2D eigenvalue weighted by Crippen LogP contribution is -2.06. The van der Waals surface area contributed by atoms with E-state index in [2.05, 4.69) is 10.3 Å². The first-order valence-corrected chi connectivity index (χ1v) is 7.24. The molecule has 0 aliphatic carbocycles. The smallest absolute Gasteiger partial charge is 0.416 e. The lowest BCUT2D eigenvalue weighted by molar-refractivity contribution is -0.137. The van der Waals surface area contributed by atoms with Gasteiger partial charge in [0, 0.05) is 5.56 Å². The van der Waals surface area contributed by atoms with E-state index in [1.165, 1.54) is 22.9 Å². The maximum absolute atomic E-state index is 12.7. The number of benzene rings is 2. The zero-order valence-corrected chi connectivity index (χ0v) is 13.1. The first kappa shape index (κ1) is 16.3. The van der Waals surface area contributed by atoms with Gasteiger partial charge in [0.05, 0.1) is 22.0 Å². The highest BCUT2D eigenvalue weighted by Crippen LogP contribution is 2.34. The number of nitrogens with zero attached hydrogens (tertiary/aromatic N) is 3. The molecule has 1 heterocycles. The van der Waals surface area contributed by atoms with E-state index in [9.17, 15) is 18.3 Å². The molecule has 124 valence electrons. The predicted molar refractivity (Wildman–Crippen MR) is 83.2 cm³/mol. The summed E-state index contributed by atoms with van der Waals surface area (Å²) >= 11 is 6.00. The summed E-state index contributed by atoms with van der Waals surface area (Å²) in [6.07, 6.45) is -4.46. The second-order valence-electron chi connectivity index (χ2n) is 5.15. The number of phenols is 1. The molecule has 1 N–H and O–H groups in total. The molecule has 0 aliphatic rings. The van der Waals surface area contributed by atoms with Crippen LogP contribution in [0.1, 0.15) is 11.3 Å². The van der Waals surface area contributed by atoms with Crippen LogP contribution in [-0.2, 0) is 6.18 Å². The summed E-state index contributed by atoms with van der Waals surface area (Å²) in [6, 6.07) is 9.43. The van der Waals surface area contributed by atoms with Gasteiger partial charge < -0.3 is 5.11 Å².